The molecule has 0 radical (unpaired) electrons. The predicted molar refractivity (Wildman–Crippen MR) is 111 cm³/mol. The van der Waals surface area contributed by atoms with Crippen molar-refractivity contribution in [1.29, 1.82) is 0 Å². The van der Waals surface area contributed by atoms with Gasteiger partial charge in [0.2, 0.25) is 11.8 Å². The lowest BCUT2D eigenvalue weighted by atomic mass is 10.2. The minimum Gasteiger partial charge on any atom is -0.457 e. The average molecular weight is 391 g/mol. The van der Waals surface area contributed by atoms with E-state index in [1.54, 1.807) is 6.92 Å². The number of nitrogens with zero attached hydrogens (tertiary/aromatic N) is 2. The van der Waals surface area contributed by atoms with Gasteiger partial charge in [0.25, 0.3) is 0 Å². The summed E-state index contributed by atoms with van der Waals surface area (Å²) >= 11 is 0. The normalized spacial score (nSPS) is 16.7. The van der Waals surface area contributed by atoms with Crippen LogP contribution in [0.3, 0.4) is 0 Å². The standard InChI is InChI=1S/C23H25N3O3/c1-16-22(15-26-12-11-19(14-26)24-17(2)27)25-23(28-16)18-7-6-10-21(13-18)29-20-8-4-3-5-9-20/h3-10,13,19H,11-12,14-15H2,1-2H3,(H,24,27)/t19-/m0/s1. The highest BCUT2D eigenvalue weighted by Crippen LogP contribution is 2.28. The van der Waals surface area contributed by atoms with Crippen LogP contribution in [0, 0.1) is 6.92 Å². The van der Waals surface area contributed by atoms with Gasteiger partial charge in [0, 0.05) is 38.2 Å². The Labute approximate surface area is 170 Å². The summed E-state index contributed by atoms with van der Waals surface area (Å²) in [6, 6.07) is 17.7. The van der Waals surface area contributed by atoms with E-state index in [1.807, 2.05) is 61.5 Å². The van der Waals surface area contributed by atoms with E-state index in [0.29, 0.717) is 12.4 Å². The Morgan fingerprint density at radius 2 is 2.00 bits per heavy atom. The number of aryl methyl sites for hydroxylation is 1. The number of para-hydroxylation sites is 1. The Kier molecular flexibility index (Phi) is 5.62. The van der Waals surface area contributed by atoms with E-state index in [1.165, 1.54) is 0 Å². The number of ether oxygens (including phenoxy) is 1. The maximum atomic E-state index is 11.3. The van der Waals surface area contributed by atoms with Crippen molar-refractivity contribution >= 4 is 5.91 Å². The van der Waals surface area contributed by atoms with Crippen molar-refractivity contribution in [2.45, 2.75) is 32.9 Å². The third-order valence-electron chi connectivity index (χ3n) is 5.01. The van der Waals surface area contributed by atoms with E-state index in [0.717, 1.165) is 48.0 Å². The molecule has 29 heavy (non-hydrogen) atoms. The van der Waals surface area contributed by atoms with Crippen molar-refractivity contribution in [3.63, 3.8) is 0 Å². The number of benzene rings is 2. The maximum Gasteiger partial charge on any atom is 0.226 e. The number of carbonyl (C=O) groups excluding carboxylic acids is 1. The average Bonchev–Trinajstić information content (AvgIpc) is 3.29. The lowest BCUT2D eigenvalue weighted by molar-refractivity contribution is -0.119. The van der Waals surface area contributed by atoms with Crippen molar-refractivity contribution in [2.24, 2.45) is 0 Å². The summed E-state index contributed by atoms with van der Waals surface area (Å²) in [5.74, 6) is 2.96. The second kappa shape index (κ2) is 8.49. The van der Waals surface area contributed by atoms with Crippen LogP contribution in [0.15, 0.2) is 59.0 Å². The lowest BCUT2D eigenvalue weighted by Crippen LogP contribution is -2.35. The van der Waals surface area contributed by atoms with E-state index in [9.17, 15) is 4.79 Å². The van der Waals surface area contributed by atoms with Gasteiger partial charge in [-0.15, -0.1) is 0 Å². The smallest absolute Gasteiger partial charge is 0.226 e. The Bertz CT molecular complexity index is 984. The minimum atomic E-state index is 0.0226. The SMILES string of the molecule is CC(=O)N[C@H]1CCN(Cc2nc(-c3cccc(Oc4ccccc4)c3)oc2C)C1. The molecular weight excluding hydrogens is 366 g/mol. The number of oxazole rings is 1. The number of rotatable bonds is 6. The molecule has 1 N–H and O–H groups in total. The van der Waals surface area contributed by atoms with E-state index in [4.69, 9.17) is 14.1 Å². The summed E-state index contributed by atoms with van der Waals surface area (Å²) < 4.78 is 11.9. The summed E-state index contributed by atoms with van der Waals surface area (Å²) in [4.78, 5) is 18.3. The molecule has 2 heterocycles. The molecule has 0 unspecified atom stereocenters. The maximum absolute atomic E-state index is 11.3. The molecule has 0 saturated carbocycles. The van der Waals surface area contributed by atoms with Crippen LogP contribution in [0.2, 0.25) is 0 Å². The van der Waals surface area contributed by atoms with E-state index < -0.39 is 0 Å². The molecular formula is C23H25N3O3. The molecule has 1 fully saturated rings. The Morgan fingerprint density at radius 3 is 2.79 bits per heavy atom. The van der Waals surface area contributed by atoms with Crippen molar-refractivity contribution in [2.75, 3.05) is 13.1 Å². The molecule has 1 aliphatic heterocycles. The molecule has 2 aromatic carbocycles. The van der Waals surface area contributed by atoms with Crippen LogP contribution in [0.1, 0.15) is 24.8 Å². The number of hydrogen-bond donors (Lipinski definition) is 1. The number of hydrogen-bond acceptors (Lipinski definition) is 5. The number of likely N-dealkylation sites (tertiary alicyclic amines) is 1. The van der Waals surface area contributed by atoms with Gasteiger partial charge in [-0.3, -0.25) is 9.69 Å². The molecule has 6 heteroatoms. The summed E-state index contributed by atoms with van der Waals surface area (Å²) in [5, 5.41) is 2.99. The Morgan fingerprint density at radius 1 is 1.21 bits per heavy atom. The van der Waals surface area contributed by atoms with Crippen LogP contribution < -0.4 is 10.1 Å². The molecule has 0 bridgehead atoms. The summed E-state index contributed by atoms with van der Waals surface area (Å²) in [6.07, 6.45) is 0.961. The van der Waals surface area contributed by atoms with Crippen LogP contribution in [0.5, 0.6) is 11.5 Å². The molecule has 3 aromatic rings. The zero-order chi connectivity index (χ0) is 20.2. The molecule has 1 aliphatic rings. The van der Waals surface area contributed by atoms with Gasteiger partial charge in [-0.1, -0.05) is 24.3 Å². The summed E-state index contributed by atoms with van der Waals surface area (Å²) in [5.41, 5.74) is 1.81. The van der Waals surface area contributed by atoms with Gasteiger partial charge < -0.3 is 14.5 Å². The lowest BCUT2D eigenvalue weighted by Gasteiger charge is -2.15. The van der Waals surface area contributed by atoms with Gasteiger partial charge in [-0.25, -0.2) is 4.98 Å². The fourth-order valence-electron chi connectivity index (χ4n) is 3.61. The summed E-state index contributed by atoms with van der Waals surface area (Å²) in [6.45, 7) is 5.99. The van der Waals surface area contributed by atoms with Crippen LogP contribution >= 0.6 is 0 Å². The van der Waals surface area contributed by atoms with Crippen LogP contribution in [-0.2, 0) is 11.3 Å². The van der Waals surface area contributed by atoms with Gasteiger partial charge in [-0.2, -0.15) is 0 Å². The Balaban J connectivity index is 1.45. The molecule has 0 spiro atoms. The number of nitrogens with one attached hydrogen (secondary N) is 1. The van der Waals surface area contributed by atoms with Gasteiger partial charge in [0.15, 0.2) is 0 Å². The zero-order valence-corrected chi connectivity index (χ0v) is 16.7. The molecule has 150 valence electrons. The van der Waals surface area contributed by atoms with Gasteiger partial charge >= 0.3 is 0 Å². The molecule has 1 aromatic heterocycles. The first-order chi connectivity index (χ1) is 14.1. The van der Waals surface area contributed by atoms with Crippen molar-refractivity contribution in [3.05, 3.63) is 66.1 Å². The Hall–Kier alpha value is -3.12. The summed E-state index contributed by atoms with van der Waals surface area (Å²) in [7, 11) is 0. The van der Waals surface area contributed by atoms with Crippen molar-refractivity contribution < 1.29 is 13.9 Å². The minimum absolute atomic E-state index is 0.0226. The van der Waals surface area contributed by atoms with Crippen LogP contribution in [0.25, 0.3) is 11.5 Å². The first-order valence-corrected chi connectivity index (χ1v) is 9.86. The zero-order valence-electron chi connectivity index (χ0n) is 16.7. The van der Waals surface area contributed by atoms with Gasteiger partial charge in [0.05, 0.1) is 5.69 Å². The predicted octanol–water partition coefficient (Wildman–Crippen LogP) is 4.15. The number of amides is 1. The van der Waals surface area contributed by atoms with Gasteiger partial charge in [0.1, 0.15) is 17.3 Å². The molecule has 1 amide bonds. The van der Waals surface area contributed by atoms with Crippen LogP contribution in [0.4, 0.5) is 0 Å². The molecule has 0 aliphatic carbocycles. The molecule has 6 nitrogen and oxygen atoms in total. The van der Waals surface area contributed by atoms with Crippen molar-refractivity contribution in [3.8, 4) is 23.0 Å². The van der Waals surface area contributed by atoms with E-state index >= 15 is 0 Å². The highest BCUT2D eigenvalue weighted by atomic mass is 16.5. The first kappa shape index (κ1) is 19.2. The fourth-order valence-corrected chi connectivity index (χ4v) is 3.61. The fraction of sp³-hybridized carbons (Fsp3) is 0.304. The largest absolute Gasteiger partial charge is 0.457 e. The van der Waals surface area contributed by atoms with Crippen molar-refractivity contribution in [1.82, 2.24) is 15.2 Å². The highest BCUT2D eigenvalue weighted by Gasteiger charge is 2.24. The van der Waals surface area contributed by atoms with Gasteiger partial charge in [-0.05, 0) is 43.7 Å². The van der Waals surface area contributed by atoms with Crippen LogP contribution in [-0.4, -0.2) is 34.9 Å². The monoisotopic (exact) mass is 391 g/mol. The molecule has 1 saturated heterocycles. The quantitative estimate of drug-likeness (QED) is 0.684. The third kappa shape index (κ3) is 4.84. The molecule has 1 atom stereocenters. The van der Waals surface area contributed by atoms with E-state index in [-0.39, 0.29) is 11.9 Å². The second-order valence-corrected chi connectivity index (χ2v) is 7.39. The third-order valence-corrected chi connectivity index (χ3v) is 5.01. The first-order valence-electron chi connectivity index (χ1n) is 9.86. The topological polar surface area (TPSA) is 67.6 Å². The highest BCUT2D eigenvalue weighted by molar-refractivity contribution is 5.73. The second-order valence-electron chi connectivity index (χ2n) is 7.39. The molecule has 4 rings (SSSR count). The number of carbonyl (C=O) groups is 1. The van der Waals surface area contributed by atoms with E-state index in [2.05, 4.69) is 10.2 Å². The number of aromatic nitrogens is 1.